The van der Waals surface area contributed by atoms with E-state index < -0.39 is 17.8 Å². The molecule has 2 aliphatic rings. The van der Waals surface area contributed by atoms with Crippen molar-refractivity contribution in [3.8, 4) is 0 Å². The highest BCUT2D eigenvalue weighted by Gasteiger charge is 2.41. The van der Waals surface area contributed by atoms with Crippen LogP contribution < -0.4 is 5.73 Å². The lowest BCUT2D eigenvalue weighted by molar-refractivity contribution is -0.487. The van der Waals surface area contributed by atoms with E-state index in [9.17, 15) is 4.79 Å². The zero-order chi connectivity index (χ0) is 10.7. The second-order valence-electron chi connectivity index (χ2n) is 3.91. The van der Waals surface area contributed by atoms with Crippen molar-refractivity contribution < 1.29 is 24.3 Å². The molecule has 2 rings (SSSR count). The lowest BCUT2D eigenvalue weighted by Crippen LogP contribution is -2.38. The minimum Gasteiger partial charge on any atom is -0.367 e. The highest BCUT2D eigenvalue weighted by molar-refractivity contribution is 5.78. The minimum absolute atomic E-state index is 0.0307. The van der Waals surface area contributed by atoms with Gasteiger partial charge in [0.25, 0.3) is 5.91 Å². The van der Waals surface area contributed by atoms with Crippen LogP contribution in [0.25, 0.3) is 0 Å². The van der Waals surface area contributed by atoms with Crippen molar-refractivity contribution in [3.63, 3.8) is 0 Å². The monoisotopic (exact) mass is 217 g/mol. The van der Waals surface area contributed by atoms with Gasteiger partial charge in [0.1, 0.15) is 6.61 Å². The molecule has 1 saturated heterocycles. The van der Waals surface area contributed by atoms with Crippen LogP contribution in [0.1, 0.15) is 32.1 Å². The maximum atomic E-state index is 10.9. The molecular weight excluding hydrogens is 202 g/mol. The lowest BCUT2D eigenvalue weighted by Gasteiger charge is -2.31. The average molecular weight is 217 g/mol. The summed E-state index contributed by atoms with van der Waals surface area (Å²) in [5, 5.41) is 0. The molecule has 0 aromatic rings. The van der Waals surface area contributed by atoms with E-state index in [4.69, 9.17) is 25.3 Å². The number of hydrogen-bond acceptors (Lipinski definition) is 5. The first-order valence-corrected chi connectivity index (χ1v) is 5.16. The van der Waals surface area contributed by atoms with Gasteiger partial charge < -0.3 is 5.73 Å². The van der Waals surface area contributed by atoms with E-state index in [1.54, 1.807) is 0 Å². The summed E-state index contributed by atoms with van der Waals surface area (Å²) < 4.78 is 0. The fourth-order valence-electron chi connectivity index (χ4n) is 1.78. The van der Waals surface area contributed by atoms with Crippen LogP contribution in [0.2, 0.25) is 0 Å². The third-order valence-corrected chi connectivity index (χ3v) is 2.68. The van der Waals surface area contributed by atoms with Gasteiger partial charge in [0.05, 0.1) is 0 Å². The van der Waals surface area contributed by atoms with Gasteiger partial charge in [-0.05, 0) is 12.8 Å². The van der Waals surface area contributed by atoms with Gasteiger partial charge in [0, 0.05) is 12.8 Å². The van der Waals surface area contributed by atoms with Crippen molar-refractivity contribution in [2.45, 2.75) is 44.0 Å². The first-order valence-electron chi connectivity index (χ1n) is 5.16. The highest BCUT2D eigenvalue weighted by Crippen LogP contribution is 2.34. The fourth-order valence-corrected chi connectivity index (χ4v) is 1.78. The van der Waals surface area contributed by atoms with E-state index in [1.165, 1.54) is 0 Å². The number of carbonyl (C=O) groups is 1. The van der Waals surface area contributed by atoms with E-state index >= 15 is 0 Å². The molecule has 2 N–H and O–H groups in total. The van der Waals surface area contributed by atoms with E-state index in [0.29, 0.717) is 12.8 Å². The molecule has 6 heteroatoms. The number of carbonyl (C=O) groups excluding carboxylic acids is 1. The third kappa shape index (κ3) is 2.46. The summed E-state index contributed by atoms with van der Waals surface area (Å²) in [6.45, 7) is -0.0307. The second-order valence-corrected chi connectivity index (χ2v) is 3.91. The topological polar surface area (TPSA) is 80.0 Å². The fraction of sp³-hybridized carbons (Fsp3) is 0.889. The summed E-state index contributed by atoms with van der Waals surface area (Å²) in [6, 6.07) is 0. The minimum atomic E-state index is -0.897. The molecule has 86 valence electrons. The molecule has 0 aromatic carbocycles. The van der Waals surface area contributed by atoms with Crippen LogP contribution in [0.4, 0.5) is 0 Å². The molecule has 2 fully saturated rings. The number of amides is 1. The molecular formula is C9H15NO5. The molecule has 1 atom stereocenters. The van der Waals surface area contributed by atoms with Crippen LogP contribution in [0.3, 0.4) is 0 Å². The number of nitrogens with two attached hydrogens (primary N) is 1. The third-order valence-electron chi connectivity index (χ3n) is 2.68. The van der Waals surface area contributed by atoms with Gasteiger partial charge in [-0.25, -0.2) is 9.78 Å². The standard InChI is InChI=1S/C9H15NO5/c10-8(11)7-6-12-14-9(15-13-7)4-2-1-3-5-9/h7H,1-6H2,(H2,10,11). The summed E-state index contributed by atoms with van der Waals surface area (Å²) in [6.07, 6.45) is 3.65. The van der Waals surface area contributed by atoms with E-state index in [1.807, 2.05) is 0 Å². The predicted octanol–water partition coefficient (Wildman–Crippen LogP) is 0.411. The molecule has 6 nitrogen and oxygen atoms in total. The molecule has 1 spiro atoms. The van der Waals surface area contributed by atoms with Crippen LogP contribution in [-0.4, -0.2) is 24.4 Å². The van der Waals surface area contributed by atoms with Gasteiger partial charge in [-0.1, -0.05) is 6.42 Å². The molecule has 1 heterocycles. The Balaban J connectivity index is 1.96. The SMILES string of the molecule is NC(=O)C1COOC2(CCCCC2)OO1. The molecule has 1 unspecified atom stereocenters. The van der Waals surface area contributed by atoms with Crippen LogP contribution in [0.15, 0.2) is 0 Å². The van der Waals surface area contributed by atoms with Gasteiger partial charge in [-0.15, -0.1) is 0 Å². The zero-order valence-corrected chi connectivity index (χ0v) is 8.44. The second kappa shape index (κ2) is 4.44. The summed E-state index contributed by atoms with van der Waals surface area (Å²) >= 11 is 0. The smallest absolute Gasteiger partial charge is 0.252 e. The molecule has 0 bridgehead atoms. The quantitative estimate of drug-likeness (QED) is 0.643. The summed E-state index contributed by atoms with van der Waals surface area (Å²) in [7, 11) is 0. The Hall–Kier alpha value is -0.690. The Kier molecular flexibility index (Phi) is 3.20. The molecule has 1 amide bonds. The number of rotatable bonds is 1. The van der Waals surface area contributed by atoms with E-state index in [-0.39, 0.29) is 6.61 Å². The Morgan fingerprint density at radius 2 is 1.93 bits per heavy atom. The van der Waals surface area contributed by atoms with Crippen molar-refractivity contribution >= 4 is 5.91 Å². The van der Waals surface area contributed by atoms with Crippen molar-refractivity contribution in [2.75, 3.05) is 6.61 Å². The largest absolute Gasteiger partial charge is 0.367 e. The molecule has 1 aliphatic carbocycles. The summed E-state index contributed by atoms with van der Waals surface area (Å²) in [5.74, 6) is -1.46. The van der Waals surface area contributed by atoms with Gasteiger partial charge >= 0.3 is 0 Å². The Bertz CT molecular complexity index is 239. The van der Waals surface area contributed by atoms with Crippen molar-refractivity contribution in [1.82, 2.24) is 0 Å². The van der Waals surface area contributed by atoms with E-state index in [0.717, 1.165) is 19.3 Å². The average Bonchev–Trinajstić information content (AvgIpc) is 2.43. The lowest BCUT2D eigenvalue weighted by atomic mass is 9.94. The van der Waals surface area contributed by atoms with Crippen LogP contribution >= 0.6 is 0 Å². The van der Waals surface area contributed by atoms with Crippen molar-refractivity contribution in [3.05, 3.63) is 0 Å². The Labute approximate surface area is 87.5 Å². The van der Waals surface area contributed by atoms with E-state index in [2.05, 4.69) is 0 Å². The first-order chi connectivity index (χ1) is 7.22. The molecule has 0 radical (unpaired) electrons. The van der Waals surface area contributed by atoms with Crippen molar-refractivity contribution in [2.24, 2.45) is 5.73 Å². The first kappa shape index (κ1) is 10.8. The highest BCUT2D eigenvalue weighted by atomic mass is 17.3. The van der Waals surface area contributed by atoms with Crippen LogP contribution in [-0.2, 0) is 24.3 Å². The van der Waals surface area contributed by atoms with Gasteiger partial charge in [0.2, 0.25) is 5.79 Å². The number of hydrogen-bond donors (Lipinski definition) is 1. The molecule has 0 aromatic heterocycles. The Morgan fingerprint density at radius 1 is 1.20 bits per heavy atom. The molecule has 1 aliphatic heterocycles. The van der Waals surface area contributed by atoms with Crippen molar-refractivity contribution in [1.29, 1.82) is 0 Å². The summed E-state index contributed by atoms with van der Waals surface area (Å²) in [5.41, 5.74) is 5.08. The Morgan fingerprint density at radius 3 is 2.60 bits per heavy atom. The zero-order valence-electron chi connectivity index (χ0n) is 8.44. The molecule has 1 saturated carbocycles. The summed E-state index contributed by atoms with van der Waals surface area (Å²) in [4.78, 5) is 31.0. The van der Waals surface area contributed by atoms with Gasteiger partial charge in [-0.3, -0.25) is 4.79 Å². The maximum Gasteiger partial charge on any atom is 0.252 e. The van der Waals surface area contributed by atoms with Gasteiger partial charge in [0.15, 0.2) is 6.10 Å². The van der Waals surface area contributed by atoms with Crippen LogP contribution in [0, 0.1) is 0 Å². The predicted molar refractivity (Wildman–Crippen MR) is 48.0 cm³/mol. The number of primary amides is 1. The van der Waals surface area contributed by atoms with Gasteiger partial charge in [-0.2, -0.15) is 9.78 Å². The maximum absolute atomic E-state index is 10.9. The molecule has 15 heavy (non-hydrogen) atoms. The normalized spacial score (nSPS) is 31.1. The van der Waals surface area contributed by atoms with Crippen LogP contribution in [0.5, 0.6) is 0 Å².